The number of aromatic hydroxyl groups is 1. The minimum absolute atomic E-state index is 0.0203. The molecule has 0 aliphatic heterocycles. The molecule has 21 heavy (non-hydrogen) atoms. The third kappa shape index (κ3) is 3.92. The first-order chi connectivity index (χ1) is 9.99. The van der Waals surface area contributed by atoms with Crippen LogP contribution in [0.25, 0.3) is 6.08 Å². The van der Waals surface area contributed by atoms with E-state index < -0.39 is 17.0 Å². The van der Waals surface area contributed by atoms with Crippen LogP contribution in [0.3, 0.4) is 0 Å². The number of benzene rings is 1. The number of halogens is 2. The van der Waals surface area contributed by atoms with Crippen LogP contribution in [0.4, 0.5) is 0 Å². The SMILES string of the molecule is O=C(/C=C/c1ccc(Cl)cc1)c1cccc(I)c(=O)c1O. The van der Waals surface area contributed by atoms with E-state index in [1.54, 1.807) is 42.5 Å². The predicted molar refractivity (Wildman–Crippen MR) is 91.9 cm³/mol. The smallest absolute Gasteiger partial charge is 0.234 e. The molecule has 0 heterocycles. The van der Waals surface area contributed by atoms with Crippen molar-refractivity contribution >= 4 is 46.1 Å². The van der Waals surface area contributed by atoms with Crippen molar-refractivity contribution in [1.82, 2.24) is 0 Å². The first-order valence-corrected chi connectivity index (χ1v) is 7.44. The first kappa shape index (κ1) is 15.7. The second-order valence-electron chi connectivity index (χ2n) is 4.21. The van der Waals surface area contributed by atoms with Crippen LogP contribution in [-0.2, 0) is 0 Å². The van der Waals surface area contributed by atoms with Gasteiger partial charge in [0, 0.05) is 5.02 Å². The monoisotopic (exact) mass is 412 g/mol. The van der Waals surface area contributed by atoms with Gasteiger partial charge in [0.2, 0.25) is 5.43 Å². The molecule has 0 radical (unpaired) electrons. The van der Waals surface area contributed by atoms with Gasteiger partial charge in [-0.15, -0.1) is 0 Å². The summed E-state index contributed by atoms with van der Waals surface area (Å²) in [6, 6.07) is 11.5. The van der Waals surface area contributed by atoms with E-state index in [4.69, 9.17) is 11.6 Å². The Balaban J connectivity index is 2.34. The Bertz CT molecular complexity index is 767. The maximum atomic E-state index is 12.1. The van der Waals surface area contributed by atoms with Gasteiger partial charge in [-0.2, -0.15) is 0 Å². The summed E-state index contributed by atoms with van der Waals surface area (Å²) in [6.07, 6.45) is 2.91. The van der Waals surface area contributed by atoms with E-state index >= 15 is 0 Å². The predicted octanol–water partition coefficient (Wildman–Crippen LogP) is 3.91. The Morgan fingerprint density at radius 1 is 1.14 bits per heavy atom. The van der Waals surface area contributed by atoms with Gasteiger partial charge in [-0.05, 0) is 58.5 Å². The molecule has 0 atom stereocenters. The molecule has 0 amide bonds. The van der Waals surface area contributed by atoms with E-state index in [1.807, 2.05) is 22.6 Å². The lowest BCUT2D eigenvalue weighted by atomic mass is 10.1. The van der Waals surface area contributed by atoms with Crippen molar-refractivity contribution < 1.29 is 9.90 Å². The van der Waals surface area contributed by atoms with Crippen molar-refractivity contribution in [2.75, 3.05) is 0 Å². The lowest BCUT2D eigenvalue weighted by Crippen LogP contribution is -2.04. The number of hydrogen-bond donors (Lipinski definition) is 1. The van der Waals surface area contributed by atoms with Crippen LogP contribution in [0.5, 0.6) is 5.75 Å². The highest BCUT2D eigenvalue weighted by Gasteiger charge is 2.11. The molecule has 2 aromatic carbocycles. The molecule has 3 nitrogen and oxygen atoms in total. The fraction of sp³-hybridized carbons (Fsp3) is 0. The number of carbonyl (C=O) groups excluding carboxylic acids is 1. The summed E-state index contributed by atoms with van der Waals surface area (Å²) in [5, 5.41) is 10.5. The Morgan fingerprint density at radius 3 is 2.48 bits per heavy atom. The Kier molecular flexibility index (Phi) is 5.14. The summed E-state index contributed by atoms with van der Waals surface area (Å²) in [7, 11) is 0. The molecule has 0 aliphatic rings. The van der Waals surface area contributed by atoms with Crippen LogP contribution in [0.2, 0.25) is 5.02 Å². The summed E-state index contributed by atoms with van der Waals surface area (Å²) in [5.74, 6) is -0.971. The molecule has 0 spiro atoms. The van der Waals surface area contributed by atoms with E-state index in [9.17, 15) is 14.7 Å². The molecule has 2 rings (SSSR count). The van der Waals surface area contributed by atoms with Crippen LogP contribution in [0, 0.1) is 3.57 Å². The molecule has 106 valence electrons. The zero-order chi connectivity index (χ0) is 15.4. The Labute approximate surface area is 140 Å². The number of rotatable bonds is 3. The van der Waals surface area contributed by atoms with E-state index in [1.165, 1.54) is 12.1 Å². The summed E-state index contributed by atoms with van der Waals surface area (Å²) in [5.41, 5.74) is 0.224. The van der Waals surface area contributed by atoms with Crippen LogP contribution in [0.1, 0.15) is 15.9 Å². The molecule has 0 bridgehead atoms. The minimum atomic E-state index is -0.552. The van der Waals surface area contributed by atoms with Crippen molar-refractivity contribution in [2.24, 2.45) is 0 Å². The van der Waals surface area contributed by atoms with Crippen LogP contribution >= 0.6 is 34.2 Å². The lowest BCUT2D eigenvalue weighted by Gasteiger charge is -1.96. The third-order valence-corrected chi connectivity index (χ3v) is 3.86. The second-order valence-corrected chi connectivity index (χ2v) is 5.81. The zero-order valence-electron chi connectivity index (χ0n) is 10.7. The van der Waals surface area contributed by atoms with E-state index in [2.05, 4.69) is 0 Å². The van der Waals surface area contributed by atoms with Crippen molar-refractivity contribution in [3.8, 4) is 5.75 Å². The highest BCUT2D eigenvalue weighted by atomic mass is 127. The quantitative estimate of drug-likeness (QED) is 0.472. The average Bonchev–Trinajstić information content (AvgIpc) is 2.60. The van der Waals surface area contributed by atoms with Gasteiger partial charge < -0.3 is 5.11 Å². The van der Waals surface area contributed by atoms with Crippen LogP contribution < -0.4 is 5.43 Å². The largest absolute Gasteiger partial charge is 0.504 e. The molecule has 2 aromatic rings. The number of allylic oxidation sites excluding steroid dienone is 1. The zero-order valence-corrected chi connectivity index (χ0v) is 13.6. The molecule has 0 aliphatic carbocycles. The van der Waals surface area contributed by atoms with Crippen LogP contribution in [0.15, 0.2) is 53.3 Å². The standard InChI is InChI=1S/C16H10ClIO3/c17-11-7-4-10(5-8-11)6-9-14(19)12-2-1-3-13(18)16(21)15(12)20/h1-9H,(H,20,21)/b9-6+. The molecule has 0 aromatic heterocycles. The van der Waals surface area contributed by atoms with E-state index in [0.717, 1.165) is 5.56 Å². The molecule has 0 saturated carbocycles. The highest BCUT2D eigenvalue weighted by Crippen LogP contribution is 2.15. The topological polar surface area (TPSA) is 54.4 Å². The summed E-state index contributed by atoms with van der Waals surface area (Å²) >= 11 is 7.59. The van der Waals surface area contributed by atoms with Crippen molar-refractivity contribution in [1.29, 1.82) is 0 Å². The third-order valence-electron chi connectivity index (χ3n) is 2.76. The molecular weight excluding hydrogens is 403 g/mol. The van der Waals surface area contributed by atoms with Gasteiger partial charge in [-0.3, -0.25) is 9.59 Å². The molecule has 5 heteroatoms. The first-order valence-electron chi connectivity index (χ1n) is 5.99. The maximum Gasteiger partial charge on any atom is 0.234 e. The van der Waals surface area contributed by atoms with Gasteiger partial charge in [-0.25, -0.2) is 0 Å². The molecule has 0 saturated heterocycles. The van der Waals surface area contributed by atoms with Gasteiger partial charge in [0.1, 0.15) is 0 Å². The number of carbonyl (C=O) groups is 1. The van der Waals surface area contributed by atoms with Crippen molar-refractivity contribution in [3.63, 3.8) is 0 Å². The second kappa shape index (κ2) is 6.87. The maximum absolute atomic E-state index is 12.1. The fourth-order valence-corrected chi connectivity index (χ4v) is 2.24. The lowest BCUT2D eigenvalue weighted by molar-refractivity contribution is 0.104. The molecule has 1 N–H and O–H groups in total. The Hall–Kier alpha value is -1.66. The normalized spacial score (nSPS) is 10.8. The van der Waals surface area contributed by atoms with Gasteiger partial charge >= 0.3 is 0 Å². The molecule has 0 unspecified atom stereocenters. The van der Waals surface area contributed by atoms with Crippen molar-refractivity contribution in [2.45, 2.75) is 0 Å². The Morgan fingerprint density at radius 2 is 1.81 bits per heavy atom. The number of ketones is 1. The van der Waals surface area contributed by atoms with Gasteiger partial charge in [-0.1, -0.05) is 35.9 Å². The molecular formula is C16H10ClIO3. The van der Waals surface area contributed by atoms with E-state index in [-0.39, 0.29) is 5.56 Å². The highest BCUT2D eigenvalue weighted by molar-refractivity contribution is 14.1. The van der Waals surface area contributed by atoms with Crippen LogP contribution in [-0.4, -0.2) is 10.9 Å². The van der Waals surface area contributed by atoms with Gasteiger partial charge in [0.05, 0.1) is 9.13 Å². The minimum Gasteiger partial charge on any atom is -0.504 e. The van der Waals surface area contributed by atoms with E-state index in [0.29, 0.717) is 8.59 Å². The van der Waals surface area contributed by atoms with Gasteiger partial charge in [0.25, 0.3) is 0 Å². The van der Waals surface area contributed by atoms with Crippen molar-refractivity contribution in [3.05, 3.63) is 78.5 Å². The number of hydrogen-bond acceptors (Lipinski definition) is 3. The summed E-state index contributed by atoms with van der Waals surface area (Å²) < 4.78 is 0.353. The fourth-order valence-electron chi connectivity index (χ4n) is 1.65. The van der Waals surface area contributed by atoms with Gasteiger partial charge in [0.15, 0.2) is 11.5 Å². The average molecular weight is 413 g/mol. The summed E-state index contributed by atoms with van der Waals surface area (Å²) in [4.78, 5) is 23.9. The summed E-state index contributed by atoms with van der Waals surface area (Å²) in [6.45, 7) is 0. The molecule has 0 fully saturated rings.